The van der Waals surface area contributed by atoms with Crippen molar-refractivity contribution in [1.29, 1.82) is 0 Å². The molecule has 3 rings (SSSR count). The number of ether oxygens (including phenoxy) is 2. The maximum absolute atomic E-state index is 12.7. The molecule has 0 spiro atoms. The summed E-state index contributed by atoms with van der Waals surface area (Å²) in [6.45, 7) is 3.52. The lowest BCUT2D eigenvalue weighted by molar-refractivity contribution is -0.137. The Labute approximate surface area is 176 Å². The van der Waals surface area contributed by atoms with Crippen LogP contribution in [0.5, 0.6) is 5.75 Å². The molecule has 158 valence electrons. The highest BCUT2D eigenvalue weighted by molar-refractivity contribution is 5.94. The first-order valence-corrected chi connectivity index (χ1v) is 10.1. The van der Waals surface area contributed by atoms with Crippen molar-refractivity contribution in [1.82, 2.24) is 9.88 Å². The molecule has 7 nitrogen and oxygen atoms in total. The second-order valence-corrected chi connectivity index (χ2v) is 7.00. The van der Waals surface area contributed by atoms with E-state index in [0.717, 1.165) is 30.0 Å². The number of hydrogen-bond donors (Lipinski definition) is 1. The van der Waals surface area contributed by atoms with E-state index in [4.69, 9.17) is 9.47 Å². The molecule has 0 bridgehead atoms. The molecule has 0 saturated carbocycles. The van der Waals surface area contributed by atoms with E-state index in [1.54, 1.807) is 50.6 Å². The van der Waals surface area contributed by atoms with Crippen LogP contribution in [0.2, 0.25) is 0 Å². The van der Waals surface area contributed by atoms with Gasteiger partial charge >= 0.3 is 5.97 Å². The summed E-state index contributed by atoms with van der Waals surface area (Å²) in [6.07, 6.45) is 6.49. The number of carbonyl (C=O) groups excluding carboxylic acids is 2. The van der Waals surface area contributed by atoms with Crippen LogP contribution in [0, 0.1) is 0 Å². The van der Waals surface area contributed by atoms with Gasteiger partial charge in [-0.3, -0.25) is 4.79 Å². The zero-order chi connectivity index (χ0) is 21.3. The SMILES string of the molecule is CCOC(=O)/C=C/c1ccc(NC2CCN(C(=O)c3ccc(OC)cc3)CC2)nc1. The number of amides is 1. The van der Waals surface area contributed by atoms with Gasteiger partial charge in [0.25, 0.3) is 5.91 Å². The van der Waals surface area contributed by atoms with Gasteiger partial charge in [-0.05, 0) is 67.8 Å². The molecule has 30 heavy (non-hydrogen) atoms. The predicted octanol–water partition coefficient (Wildman–Crippen LogP) is 3.38. The summed E-state index contributed by atoms with van der Waals surface area (Å²) in [5, 5.41) is 3.43. The molecule has 7 heteroatoms. The van der Waals surface area contributed by atoms with Crippen LogP contribution in [0.15, 0.2) is 48.7 Å². The minimum atomic E-state index is -0.365. The maximum Gasteiger partial charge on any atom is 0.330 e. The van der Waals surface area contributed by atoms with Gasteiger partial charge in [-0.1, -0.05) is 0 Å². The van der Waals surface area contributed by atoms with E-state index in [9.17, 15) is 9.59 Å². The Morgan fingerprint density at radius 3 is 2.50 bits per heavy atom. The number of piperidine rings is 1. The molecule has 0 atom stereocenters. The van der Waals surface area contributed by atoms with Gasteiger partial charge in [-0.2, -0.15) is 0 Å². The van der Waals surface area contributed by atoms with Crippen LogP contribution in [0.3, 0.4) is 0 Å². The molecular weight excluding hydrogens is 382 g/mol. The third-order valence-corrected chi connectivity index (χ3v) is 4.96. The number of esters is 1. The van der Waals surface area contributed by atoms with Crippen molar-refractivity contribution in [3.05, 3.63) is 59.8 Å². The molecule has 0 aliphatic carbocycles. The van der Waals surface area contributed by atoms with Crippen molar-refractivity contribution in [2.75, 3.05) is 32.1 Å². The maximum atomic E-state index is 12.7. The minimum absolute atomic E-state index is 0.0481. The molecule has 1 amide bonds. The van der Waals surface area contributed by atoms with Crippen LogP contribution in [-0.2, 0) is 9.53 Å². The monoisotopic (exact) mass is 409 g/mol. The van der Waals surface area contributed by atoms with Crippen LogP contribution < -0.4 is 10.1 Å². The van der Waals surface area contributed by atoms with Crippen LogP contribution in [-0.4, -0.2) is 54.6 Å². The fourth-order valence-corrected chi connectivity index (χ4v) is 3.30. The highest BCUT2D eigenvalue weighted by atomic mass is 16.5. The van der Waals surface area contributed by atoms with Crippen molar-refractivity contribution in [2.45, 2.75) is 25.8 Å². The van der Waals surface area contributed by atoms with Gasteiger partial charge in [0.2, 0.25) is 0 Å². The smallest absolute Gasteiger partial charge is 0.330 e. The first-order valence-electron chi connectivity index (χ1n) is 10.1. The highest BCUT2D eigenvalue weighted by Gasteiger charge is 2.23. The predicted molar refractivity (Wildman–Crippen MR) is 115 cm³/mol. The van der Waals surface area contributed by atoms with Crippen LogP contribution in [0.1, 0.15) is 35.7 Å². The first-order chi connectivity index (χ1) is 14.6. The normalized spacial score (nSPS) is 14.5. The van der Waals surface area contributed by atoms with Crippen molar-refractivity contribution >= 4 is 23.8 Å². The van der Waals surface area contributed by atoms with Gasteiger partial charge in [0, 0.05) is 37.0 Å². The minimum Gasteiger partial charge on any atom is -0.497 e. The summed E-state index contributed by atoms with van der Waals surface area (Å²) in [7, 11) is 1.61. The van der Waals surface area contributed by atoms with Crippen molar-refractivity contribution in [3.63, 3.8) is 0 Å². The zero-order valence-corrected chi connectivity index (χ0v) is 17.3. The lowest BCUT2D eigenvalue weighted by atomic mass is 10.0. The molecule has 1 aliphatic heterocycles. The van der Waals surface area contributed by atoms with E-state index >= 15 is 0 Å². The quantitative estimate of drug-likeness (QED) is 0.558. The Hall–Kier alpha value is -3.35. The van der Waals surface area contributed by atoms with Crippen molar-refractivity contribution < 1.29 is 19.1 Å². The number of likely N-dealkylation sites (tertiary alicyclic amines) is 1. The molecule has 1 fully saturated rings. The Bertz CT molecular complexity index is 870. The second kappa shape index (κ2) is 10.4. The average molecular weight is 409 g/mol. The summed E-state index contributed by atoms with van der Waals surface area (Å²) in [4.78, 5) is 30.3. The lowest BCUT2D eigenvalue weighted by Crippen LogP contribution is -2.42. The molecule has 0 radical (unpaired) electrons. The van der Waals surface area contributed by atoms with E-state index in [0.29, 0.717) is 25.3 Å². The Balaban J connectivity index is 1.48. The second-order valence-electron chi connectivity index (χ2n) is 7.00. The van der Waals surface area contributed by atoms with Gasteiger partial charge in [-0.25, -0.2) is 9.78 Å². The summed E-state index contributed by atoms with van der Waals surface area (Å²) in [5.74, 6) is 1.20. The van der Waals surface area contributed by atoms with Gasteiger partial charge in [0.05, 0.1) is 13.7 Å². The summed E-state index contributed by atoms with van der Waals surface area (Å²) < 4.78 is 10.0. The molecule has 1 aliphatic rings. The molecule has 1 N–H and O–H groups in total. The van der Waals surface area contributed by atoms with Crippen molar-refractivity contribution in [3.8, 4) is 5.75 Å². The standard InChI is InChI=1S/C23H27N3O4/c1-3-30-22(27)11-5-17-4-10-21(24-16-17)25-19-12-14-26(15-13-19)23(28)18-6-8-20(29-2)9-7-18/h4-11,16,19H,3,12-15H2,1-2H3,(H,24,25)/b11-5+. The summed E-state index contributed by atoms with van der Waals surface area (Å²) in [5.41, 5.74) is 1.50. The van der Waals surface area contributed by atoms with E-state index in [1.165, 1.54) is 6.08 Å². The summed E-state index contributed by atoms with van der Waals surface area (Å²) in [6, 6.07) is 11.3. The molecular formula is C23H27N3O4. The number of anilines is 1. The lowest BCUT2D eigenvalue weighted by Gasteiger charge is -2.32. The number of nitrogens with zero attached hydrogens (tertiary/aromatic N) is 2. The molecule has 2 aromatic rings. The summed E-state index contributed by atoms with van der Waals surface area (Å²) >= 11 is 0. The molecule has 1 saturated heterocycles. The number of rotatable bonds is 7. The number of hydrogen-bond acceptors (Lipinski definition) is 6. The first kappa shape index (κ1) is 21.4. The average Bonchev–Trinajstić information content (AvgIpc) is 2.79. The third-order valence-electron chi connectivity index (χ3n) is 4.96. The van der Waals surface area contributed by atoms with Crippen LogP contribution in [0.4, 0.5) is 5.82 Å². The highest BCUT2D eigenvalue weighted by Crippen LogP contribution is 2.19. The van der Waals surface area contributed by atoms with E-state index in [2.05, 4.69) is 10.3 Å². The number of methoxy groups -OCH3 is 1. The number of benzene rings is 1. The number of aromatic nitrogens is 1. The largest absolute Gasteiger partial charge is 0.497 e. The fraction of sp³-hybridized carbons (Fsp3) is 0.348. The zero-order valence-electron chi connectivity index (χ0n) is 17.3. The van der Waals surface area contributed by atoms with Crippen LogP contribution in [0.25, 0.3) is 6.08 Å². The number of nitrogens with one attached hydrogen (secondary N) is 1. The van der Waals surface area contributed by atoms with E-state index < -0.39 is 0 Å². The van der Waals surface area contributed by atoms with E-state index in [-0.39, 0.29) is 17.9 Å². The van der Waals surface area contributed by atoms with Gasteiger partial charge in [0.15, 0.2) is 0 Å². The number of carbonyl (C=O) groups is 2. The van der Waals surface area contributed by atoms with E-state index in [1.807, 2.05) is 17.0 Å². The van der Waals surface area contributed by atoms with Crippen LogP contribution >= 0.6 is 0 Å². The van der Waals surface area contributed by atoms with Gasteiger partial charge in [-0.15, -0.1) is 0 Å². The molecule has 1 aromatic heterocycles. The topological polar surface area (TPSA) is 80.8 Å². The molecule has 1 aromatic carbocycles. The Morgan fingerprint density at radius 2 is 1.90 bits per heavy atom. The third kappa shape index (κ3) is 5.83. The Kier molecular flexibility index (Phi) is 7.43. The van der Waals surface area contributed by atoms with Crippen molar-refractivity contribution in [2.24, 2.45) is 0 Å². The molecule has 2 heterocycles. The van der Waals surface area contributed by atoms with Gasteiger partial charge < -0.3 is 19.7 Å². The fourth-order valence-electron chi connectivity index (χ4n) is 3.30. The van der Waals surface area contributed by atoms with Gasteiger partial charge in [0.1, 0.15) is 11.6 Å². The molecule has 0 unspecified atom stereocenters. The Morgan fingerprint density at radius 1 is 1.17 bits per heavy atom. The number of pyridine rings is 1.